The Hall–Kier alpha value is -2.69. The first-order valence-corrected chi connectivity index (χ1v) is 14.9. The van der Waals surface area contributed by atoms with E-state index in [0.29, 0.717) is 27.1 Å². The van der Waals surface area contributed by atoms with E-state index >= 15 is 0 Å². The fourth-order valence-corrected chi connectivity index (χ4v) is 6.16. The van der Waals surface area contributed by atoms with Crippen LogP contribution in [0.1, 0.15) is 45.1 Å². The molecule has 2 aromatic carbocycles. The maximum absolute atomic E-state index is 13.8. The van der Waals surface area contributed by atoms with Crippen molar-refractivity contribution in [2.45, 2.75) is 58.2 Å². The number of halogens is 2. The Labute approximate surface area is 233 Å². The number of benzene rings is 2. The highest BCUT2D eigenvalue weighted by atomic mass is 35.5. The fourth-order valence-electron chi connectivity index (χ4n) is 4.59. The molecule has 1 unspecified atom stereocenters. The van der Waals surface area contributed by atoms with Crippen molar-refractivity contribution < 1.29 is 27.5 Å². The Kier molecular flexibility index (Phi) is 8.95. The topological polar surface area (TPSA) is 105 Å². The van der Waals surface area contributed by atoms with Gasteiger partial charge in [-0.2, -0.15) is 0 Å². The number of carbonyl (C=O) groups excluding carboxylic acids is 2. The van der Waals surface area contributed by atoms with Crippen LogP contribution in [0.4, 0.5) is 5.69 Å². The third-order valence-corrected chi connectivity index (χ3v) is 9.33. The molecule has 0 saturated heterocycles. The number of fused-ring (bicyclic) bond motifs is 1. The SMILES string of the molecule is CCS(=O)(=O)N(CC(=O)N(Cc1c(Cl)cccc1Cl)C(C)C(=O)NC1CCCC1)c1ccc2c(c1)OCO2. The van der Waals surface area contributed by atoms with Crippen molar-refractivity contribution in [2.75, 3.05) is 23.4 Å². The van der Waals surface area contributed by atoms with Crippen molar-refractivity contribution in [1.29, 1.82) is 0 Å². The lowest BCUT2D eigenvalue weighted by Gasteiger charge is -2.32. The zero-order valence-electron chi connectivity index (χ0n) is 21.3. The maximum Gasteiger partial charge on any atom is 0.244 e. The predicted octanol–water partition coefficient (Wildman–Crippen LogP) is 4.35. The average Bonchev–Trinajstić information content (AvgIpc) is 3.58. The highest BCUT2D eigenvalue weighted by molar-refractivity contribution is 7.92. The van der Waals surface area contributed by atoms with Gasteiger partial charge in [0, 0.05) is 34.3 Å². The van der Waals surface area contributed by atoms with Gasteiger partial charge in [-0.15, -0.1) is 0 Å². The van der Waals surface area contributed by atoms with Gasteiger partial charge < -0.3 is 19.7 Å². The molecule has 9 nitrogen and oxygen atoms in total. The van der Waals surface area contributed by atoms with Gasteiger partial charge in [0.05, 0.1) is 11.4 Å². The summed E-state index contributed by atoms with van der Waals surface area (Å²) in [6, 6.07) is 8.80. The molecule has 1 aliphatic heterocycles. The lowest BCUT2D eigenvalue weighted by Crippen LogP contribution is -2.52. The highest BCUT2D eigenvalue weighted by Crippen LogP contribution is 2.36. The maximum atomic E-state index is 13.8. The van der Waals surface area contributed by atoms with Gasteiger partial charge in [0.1, 0.15) is 12.6 Å². The summed E-state index contributed by atoms with van der Waals surface area (Å²) in [5, 5.41) is 3.70. The Morgan fingerprint density at radius 1 is 1.08 bits per heavy atom. The monoisotopic (exact) mass is 583 g/mol. The summed E-state index contributed by atoms with van der Waals surface area (Å²) in [5.41, 5.74) is 0.723. The van der Waals surface area contributed by atoms with Gasteiger partial charge in [-0.3, -0.25) is 13.9 Å². The number of anilines is 1. The zero-order chi connectivity index (χ0) is 27.4. The van der Waals surface area contributed by atoms with E-state index in [4.69, 9.17) is 32.7 Å². The van der Waals surface area contributed by atoms with Gasteiger partial charge in [-0.25, -0.2) is 8.42 Å². The second-order valence-electron chi connectivity index (χ2n) is 9.33. The van der Waals surface area contributed by atoms with E-state index < -0.39 is 28.5 Å². The first-order chi connectivity index (χ1) is 18.1. The van der Waals surface area contributed by atoms with Crippen LogP contribution < -0.4 is 19.1 Å². The van der Waals surface area contributed by atoms with Crippen LogP contribution in [-0.2, 0) is 26.2 Å². The van der Waals surface area contributed by atoms with Gasteiger partial charge in [-0.1, -0.05) is 42.1 Å². The zero-order valence-corrected chi connectivity index (χ0v) is 23.6. The van der Waals surface area contributed by atoms with Crippen LogP contribution in [-0.4, -0.2) is 56.3 Å². The molecule has 1 fully saturated rings. The Morgan fingerprint density at radius 2 is 1.74 bits per heavy atom. The number of amides is 2. The summed E-state index contributed by atoms with van der Waals surface area (Å²) in [6.07, 6.45) is 3.85. The van der Waals surface area contributed by atoms with Crippen molar-refractivity contribution >= 4 is 50.7 Å². The van der Waals surface area contributed by atoms with Crippen LogP contribution in [0.3, 0.4) is 0 Å². The van der Waals surface area contributed by atoms with Crippen LogP contribution in [0.2, 0.25) is 10.0 Å². The summed E-state index contributed by atoms with van der Waals surface area (Å²) in [6.45, 7) is 2.54. The second kappa shape index (κ2) is 12.0. The lowest BCUT2D eigenvalue weighted by molar-refractivity contribution is -0.139. The number of hydrogen-bond acceptors (Lipinski definition) is 6. The molecule has 0 spiro atoms. The van der Waals surface area contributed by atoms with E-state index in [2.05, 4.69) is 5.32 Å². The fraction of sp³-hybridized carbons (Fsp3) is 0.462. The molecule has 1 atom stereocenters. The third-order valence-electron chi connectivity index (χ3n) is 6.88. The van der Waals surface area contributed by atoms with Gasteiger partial charge in [0.15, 0.2) is 11.5 Å². The number of ether oxygens (including phenoxy) is 2. The highest BCUT2D eigenvalue weighted by Gasteiger charge is 2.33. The van der Waals surface area contributed by atoms with E-state index in [1.807, 2.05) is 0 Å². The van der Waals surface area contributed by atoms with Gasteiger partial charge >= 0.3 is 0 Å². The molecule has 0 radical (unpaired) electrons. The molecular formula is C26H31Cl2N3O6S. The smallest absolute Gasteiger partial charge is 0.244 e. The molecule has 2 aromatic rings. The molecule has 206 valence electrons. The van der Waals surface area contributed by atoms with Crippen molar-refractivity contribution in [2.24, 2.45) is 0 Å². The van der Waals surface area contributed by atoms with Crippen molar-refractivity contribution in [3.63, 3.8) is 0 Å². The van der Waals surface area contributed by atoms with Crippen molar-refractivity contribution in [3.05, 3.63) is 52.0 Å². The van der Waals surface area contributed by atoms with E-state index in [0.717, 1.165) is 30.0 Å². The second-order valence-corrected chi connectivity index (χ2v) is 12.3. The molecule has 2 amide bonds. The van der Waals surface area contributed by atoms with Crippen LogP contribution in [0.5, 0.6) is 11.5 Å². The Balaban J connectivity index is 1.65. The van der Waals surface area contributed by atoms with Crippen molar-refractivity contribution in [3.8, 4) is 11.5 Å². The number of nitrogens with zero attached hydrogens (tertiary/aromatic N) is 2. The largest absolute Gasteiger partial charge is 0.454 e. The number of sulfonamides is 1. The van der Waals surface area contributed by atoms with Crippen molar-refractivity contribution in [1.82, 2.24) is 10.2 Å². The van der Waals surface area contributed by atoms with Crippen LogP contribution >= 0.6 is 23.2 Å². The third kappa shape index (κ3) is 6.30. The summed E-state index contributed by atoms with van der Waals surface area (Å²) in [5.74, 6) is -0.259. The average molecular weight is 585 g/mol. The van der Waals surface area contributed by atoms with Crippen LogP contribution in [0, 0.1) is 0 Å². The minimum absolute atomic E-state index is 0.0260. The molecule has 0 bridgehead atoms. The molecule has 1 N–H and O–H groups in total. The van der Waals surface area contributed by atoms with Gasteiger partial charge in [-0.05, 0) is 51.0 Å². The van der Waals surface area contributed by atoms with E-state index in [9.17, 15) is 18.0 Å². The number of carbonyl (C=O) groups is 2. The first-order valence-electron chi connectivity index (χ1n) is 12.5. The number of rotatable bonds is 10. The molecular weight excluding hydrogens is 553 g/mol. The summed E-state index contributed by atoms with van der Waals surface area (Å²) < 4.78 is 38.0. The van der Waals surface area contributed by atoms with Crippen LogP contribution in [0.15, 0.2) is 36.4 Å². The Bertz CT molecular complexity index is 1280. The minimum Gasteiger partial charge on any atom is -0.454 e. The minimum atomic E-state index is -3.88. The molecule has 4 rings (SSSR count). The summed E-state index contributed by atoms with van der Waals surface area (Å²) >= 11 is 12.8. The molecule has 1 aliphatic carbocycles. The van der Waals surface area contributed by atoms with Gasteiger partial charge in [0.2, 0.25) is 28.6 Å². The number of nitrogens with one attached hydrogen (secondary N) is 1. The predicted molar refractivity (Wildman–Crippen MR) is 146 cm³/mol. The molecule has 12 heteroatoms. The molecule has 2 aliphatic rings. The summed E-state index contributed by atoms with van der Waals surface area (Å²) in [4.78, 5) is 28.4. The lowest BCUT2D eigenvalue weighted by atomic mass is 10.1. The summed E-state index contributed by atoms with van der Waals surface area (Å²) in [7, 11) is -3.88. The van der Waals surface area contributed by atoms with E-state index in [1.165, 1.54) is 17.9 Å². The van der Waals surface area contributed by atoms with E-state index in [1.54, 1.807) is 37.3 Å². The quantitative estimate of drug-likeness (QED) is 0.445. The van der Waals surface area contributed by atoms with E-state index in [-0.39, 0.29) is 36.7 Å². The van der Waals surface area contributed by atoms with Crippen LogP contribution in [0.25, 0.3) is 0 Å². The molecule has 0 aromatic heterocycles. The normalized spacial score (nSPS) is 15.8. The Morgan fingerprint density at radius 3 is 2.39 bits per heavy atom. The standard InChI is InChI=1S/C26H31Cl2N3O6S/c1-3-38(34,35)31(19-11-12-23-24(13-19)37-16-36-23)15-25(32)30(14-20-21(27)9-6-10-22(20)28)17(2)26(33)29-18-7-4-5-8-18/h6,9-13,17-18H,3-5,7-8,14-16H2,1-2H3,(H,29,33). The molecule has 38 heavy (non-hydrogen) atoms. The molecule has 1 heterocycles. The molecule has 1 saturated carbocycles. The number of hydrogen-bond donors (Lipinski definition) is 1. The van der Waals surface area contributed by atoms with Gasteiger partial charge in [0.25, 0.3) is 0 Å². The first kappa shape index (κ1) is 28.3.